The summed E-state index contributed by atoms with van der Waals surface area (Å²) in [7, 11) is 1.85. The van der Waals surface area contributed by atoms with E-state index in [0.717, 1.165) is 17.0 Å². The Morgan fingerprint density at radius 2 is 2.05 bits per heavy atom. The van der Waals surface area contributed by atoms with E-state index in [0.29, 0.717) is 12.1 Å². The lowest BCUT2D eigenvalue weighted by molar-refractivity contribution is 0.0949. The first-order chi connectivity index (χ1) is 8.99. The van der Waals surface area contributed by atoms with Gasteiger partial charge in [-0.2, -0.15) is 5.10 Å². The number of benzene rings is 1. The molecule has 1 aromatic carbocycles. The molecular weight excluding hydrogens is 238 g/mol. The van der Waals surface area contributed by atoms with E-state index in [9.17, 15) is 4.79 Å². The summed E-state index contributed by atoms with van der Waals surface area (Å²) in [5.41, 5.74) is 4.63. The maximum absolute atomic E-state index is 12.2. The van der Waals surface area contributed by atoms with Gasteiger partial charge in [-0.3, -0.25) is 9.48 Å². The first-order valence-corrected chi connectivity index (χ1v) is 6.33. The van der Waals surface area contributed by atoms with Gasteiger partial charge >= 0.3 is 0 Å². The molecule has 4 nitrogen and oxygen atoms in total. The Morgan fingerprint density at radius 3 is 2.63 bits per heavy atom. The average Bonchev–Trinajstić information content (AvgIpc) is 2.61. The van der Waals surface area contributed by atoms with Crippen molar-refractivity contribution in [1.29, 1.82) is 0 Å². The van der Waals surface area contributed by atoms with Crippen molar-refractivity contribution in [1.82, 2.24) is 15.1 Å². The predicted octanol–water partition coefficient (Wildman–Crippen LogP) is 2.28. The van der Waals surface area contributed by atoms with Crippen molar-refractivity contribution in [2.45, 2.75) is 27.3 Å². The van der Waals surface area contributed by atoms with Crippen LogP contribution in [-0.4, -0.2) is 15.7 Å². The third-order valence-corrected chi connectivity index (χ3v) is 3.27. The van der Waals surface area contributed by atoms with E-state index >= 15 is 0 Å². The van der Waals surface area contributed by atoms with Gasteiger partial charge in [-0.15, -0.1) is 0 Å². The minimum absolute atomic E-state index is 0.0652. The zero-order chi connectivity index (χ0) is 14.0. The van der Waals surface area contributed by atoms with Gasteiger partial charge in [0.05, 0.1) is 11.3 Å². The Morgan fingerprint density at radius 1 is 1.32 bits per heavy atom. The largest absolute Gasteiger partial charge is 0.348 e. The van der Waals surface area contributed by atoms with Crippen LogP contribution >= 0.6 is 0 Å². The van der Waals surface area contributed by atoms with E-state index in [1.807, 2.05) is 46.0 Å². The van der Waals surface area contributed by atoms with Crippen LogP contribution in [-0.2, 0) is 13.6 Å². The normalized spacial score (nSPS) is 10.5. The van der Waals surface area contributed by atoms with Crippen molar-refractivity contribution in [3.63, 3.8) is 0 Å². The van der Waals surface area contributed by atoms with Crippen LogP contribution in [0.1, 0.15) is 32.9 Å². The molecule has 19 heavy (non-hydrogen) atoms. The highest BCUT2D eigenvalue weighted by Gasteiger charge is 2.16. The second-order valence-electron chi connectivity index (χ2n) is 4.84. The van der Waals surface area contributed by atoms with Gasteiger partial charge in [0.1, 0.15) is 0 Å². The molecule has 2 aromatic rings. The maximum atomic E-state index is 12.2. The number of carbonyl (C=O) groups excluding carboxylic acids is 1. The van der Waals surface area contributed by atoms with Crippen LogP contribution in [0.3, 0.4) is 0 Å². The molecule has 1 heterocycles. The SMILES string of the molecule is Cc1cccc(CNC(=O)c2c(C)nn(C)c2C)c1. The van der Waals surface area contributed by atoms with E-state index in [4.69, 9.17) is 0 Å². The first-order valence-electron chi connectivity index (χ1n) is 6.33. The van der Waals surface area contributed by atoms with E-state index in [-0.39, 0.29) is 5.91 Å². The van der Waals surface area contributed by atoms with E-state index in [1.165, 1.54) is 5.56 Å². The number of nitrogens with zero attached hydrogens (tertiary/aromatic N) is 2. The van der Waals surface area contributed by atoms with Crippen molar-refractivity contribution in [2.24, 2.45) is 7.05 Å². The molecule has 2 rings (SSSR count). The van der Waals surface area contributed by atoms with Crippen molar-refractivity contribution < 1.29 is 4.79 Å². The highest BCUT2D eigenvalue weighted by molar-refractivity contribution is 5.96. The summed E-state index contributed by atoms with van der Waals surface area (Å²) >= 11 is 0. The molecule has 0 spiro atoms. The van der Waals surface area contributed by atoms with Crippen LogP contribution < -0.4 is 5.32 Å². The van der Waals surface area contributed by atoms with Gasteiger partial charge in [-0.05, 0) is 26.3 Å². The second-order valence-corrected chi connectivity index (χ2v) is 4.84. The van der Waals surface area contributed by atoms with Crippen LogP contribution in [0.15, 0.2) is 24.3 Å². The van der Waals surface area contributed by atoms with Gasteiger partial charge in [-0.25, -0.2) is 0 Å². The van der Waals surface area contributed by atoms with Crippen LogP contribution in [0.2, 0.25) is 0 Å². The topological polar surface area (TPSA) is 46.9 Å². The Kier molecular flexibility index (Phi) is 3.69. The molecule has 0 saturated carbocycles. The van der Waals surface area contributed by atoms with E-state index in [2.05, 4.69) is 16.5 Å². The zero-order valence-corrected chi connectivity index (χ0v) is 11.8. The monoisotopic (exact) mass is 257 g/mol. The number of hydrogen-bond donors (Lipinski definition) is 1. The van der Waals surface area contributed by atoms with Crippen molar-refractivity contribution in [2.75, 3.05) is 0 Å². The van der Waals surface area contributed by atoms with Crippen LogP contribution in [0.25, 0.3) is 0 Å². The lowest BCUT2D eigenvalue weighted by atomic mass is 10.1. The molecule has 0 saturated heterocycles. The number of aromatic nitrogens is 2. The summed E-state index contributed by atoms with van der Waals surface area (Å²) in [6, 6.07) is 8.12. The molecule has 1 aromatic heterocycles. The zero-order valence-electron chi connectivity index (χ0n) is 11.8. The van der Waals surface area contributed by atoms with Crippen molar-refractivity contribution in [3.05, 3.63) is 52.3 Å². The van der Waals surface area contributed by atoms with Gasteiger partial charge in [0.25, 0.3) is 5.91 Å². The molecule has 0 bridgehead atoms. The molecule has 100 valence electrons. The first kappa shape index (κ1) is 13.3. The lowest BCUT2D eigenvalue weighted by Crippen LogP contribution is -2.24. The molecule has 0 aliphatic rings. The van der Waals surface area contributed by atoms with Crippen molar-refractivity contribution >= 4 is 5.91 Å². The van der Waals surface area contributed by atoms with Crippen LogP contribution in [0.4, 0.5) is 0 Å². The van der Waals surface area contributed by atoms with E-state index in [1.54, 1.807) is 4.68 Å². The number of hydrogen-bond acceptors (Lipinski definition) is 2. The number of nitrogens with one attached hydrogen (secondary N) is 1. The fourth-order valence-electron chi connectivity index (χ4n) is 2.20. The summed E-state index contributed by atoms with van der Waals surface area (Å²) in [5, 5.41) is 7.20. The molecule has 0 unspecified atom stereocenters. The van der Waals surface area contributed by atoms with Gasteiger partial charge in [-0.1, -0.05) is 29.8 Å². The molecule has 0 aliphatic carbocycles. The van der Waals surface area contributed by atoms with Crippen LogP contribution in [0.5, 0.6) is 0 Å². The summed E-state index contributed by atoms with van der Waals surface area (Å²) in [4.78, 5) is 12.2. The Labute approximate surface area is 113 Å². The fourth-order valence-corrected chi connectivity index (χ4v) is 2.20. The Balaban J connectivity index is 2.10. The quantitative estimate of drug-likeness (QED) is 0.917. The average molecular weight is 257 g/mol. The molecule has 0 atom stereocenters. The minimum Gasteiger partial charge on any atom is -0.348 e. The third-order valence-electron chi connectivity index (χ3n) is 3.27. The summed E-state index contributed by atoms with van der Waals surface area (Å²) < 4.78 is 1.73. The van der Waals surface area contributed by atoms with Gasteiger partial charge in [0.15, 0.2) is 0 Å². The lowest BCUT2D eigenvalue weighted by Gasteiger charge is -2.06. The standard InChI is InChI=1S/C15H19N3O/c1-10-6-5-7-13(8-10)9-16-15(19)14-11(2)17-18(4)12(14)3/h5-8H,9H2,1-4H3,(H,16,19). The van der Waals surface area contributed by atoms with Crippen molar-refractivity contribution in [3.8, 4) is 0 Å². The number of rotatable bonds is 3. The molecule has 0 fully saturated rings. The van der Waals surface area contributed by atoms with Gasteiger partial charge < -0.3 is 5.32 Å². The Hall–Kier alpha value is -2.10. The molecular formula is C15H19N3O. The molecule has 1 amide bonds. The Bertz CT molecular complexity index is 614. The fraction of sp³-hybridized carbons (Fsp3) is 0.333. The predicted molar refractivity (Wildman–Crippen MR) is 75.0 cm³/mol. The molecule has 4 heteroatoms. The summed E-state index contributed by atoms with van der Waals surface area (Å²) in [5.74, 6) is -0.0652. The van der Waals surface area contributed by atoms with E-state index < -0.39 is 0 Å². The second kappa shape index (κ2) is 5.26. The minimum atomic E-state index is -0.0652. The number of amides is 1. The summed E-state index contributed by atoms with van der Waals surface area (Å²) in [6.45, 7) is 6.34. The molecule has 1 N–H and O–H groups in total. The van der Waals surface area contributed by atoms with Gasteiger partial charge in [0, 0.05) is 19.3 Å². The summed E-state index contributed by atoms with van der Waals surface area (Å²) in [6.07, 6.45) is 0. The van der Waals surface area contributed by atoms with Gasteiger partial charge in [0.2, 0.25) is 0 Å². The maximum Gasteiger partial charge on any atom is 0.255 e. The molecule has 0 aliphatic heterocycles. The van der Waals surface area contributed by atoms with Crippen LogP contribution in [0, 0.1) is 20.8 Å². The highest BCUT2D eigenvalue weighted by atomic mass is 16.1. The number of aryl methyl sites for hydroxylation is 3. The number of carbonyl (C=O) groups is 1. The third kappa shape index (κ3) is 2.84. The highest BCUT2D eigenvalue weighted by Crippen LogP contribution is 2.12. The molecule has 0 radical (unpaired) electrons. The smallest absolute Gasteiger partial charge is 0.255 e.